The van der Waals surface area contributed by atoms with Crippen LogP contribution < -0.4 is 15.6 Å². The van der Waals surface area contributed by atoms with Gasteiger partial charge in [0.05, 0.1) is 6.54 Å². The van der Waals surface area contributed by atoms with Crippen molar-refractivity contribution in [3.8, 4) is 5.75 Å². The molecule has 3 aromatic heterocycles. The molecule has 0 atom stereocenters. The number of nitrogens with zero attached hydrogens (tertiary/aromatic N) is 3. The molecule has 1 aromatic carbocycles. The maximum Gasteiger partial charge on any atom is 0.270 e. The summed E-state index contributed by atoms with van der Waals surface area (Å²) in [6.45, 7) is 2.42. The van der Waals surface area contributed by atoms with Crippen LogP contribution in [0.15, 0.2) is 65.7 Å². The van der Waals surface area contributed by atoms with Gasteiger partial charge >= 0.3 is 0 Å². The zero-order chi connectivity index (χ0) is 19.5. The van der Waals surface area contributed by atoms with Gasteiger partial charge in [0.25, 0.3) is 11.5 Å². The maximum atomic E-state index is 12.4. The second-order valence-electron chi connectivity index (χ2n) is 6.29. The molecule has 4 aromatic rings. The van der Waals surface area contributed by atoms with Crippen molar-refractivity contribution in [3.63, 3.8) is 0 Å². The smallest absolute Gasteiger partial charge is 0.270 e. The number of carbonyl (C=O) groups is 1. The summed E-state index contributed by atoms with van der Waals surface area (Å²) in [7, 11) is 0. The second kappa shape index (κ2) is 7.48. The van der Waals surface area contributed by atoms with Crippen molar-refractivity contribution in [3.05, 3.63) is 82.5 Å². The van der Waals surface area contributed by atoms with E-state index in [2.05, 4.69) is 15.3 Å². The molecule has 1 amide bonds. The van der Waals surface area contributed by atoms with Crippen LogP contribution in [0.2, 0.25) is 0 Å². The van der Waals surface area contributed by atoms with Crippen LogP contribution in [0.4, 0.5) is 0 Å². The standard InChI is InChI=1S/C21H18N4O3/c1-14-8-9-15-5-4-6-17(19(15)24-14)28-12-10-22-20(26)16-13-23-18-7-2-3-11-25(18)21(16)27/h2-9,11,13H,10,12H2,1H3,(H,22,26). The Morgan fingerprint density at radius 1 is 1.14 bits per heavy atom. The highest BCUT2D eigenvalue weighted by atomic mass is 16.5. The third-order valence-electron chi connectivity index (χ3n) is 4.33. The van der Waals surface area contributed by atoms with E-state index in [9.17, 15) is 9.59 Å². The van der Waals surface area contributed by atoms with Crippen LogP contribution in [0.5, 0.6) is 5.75 Å². The Balaban J connectivity index is 1.42. The first-order valence-corrected chi connectivity index (χ1v) is 8.87. The Morgan fingerprint density at radius 2 is 2.04 bits per heavy atom. The van der Waals surface area contributed by atoms with Gasteiger partial charge in [-0.25, -0.2) is 9.97 Å². The molecule has 28 heavy (non-hydrogen) atoms. The van der Waals surface area contributed by atoms with Crippen molar-refractivity contribution >= 4 is 22.5 Å². The van der Waals surface area contributed by atoms with Gasteiger partial charge in [-0.2, -0.15) is 0 Å². The summed E-state index contributed by atoms with van der Waals surface area (Å²) in [6.07, 6.45) is 2.88. The summed E-state index contributed by atoms with van der Waals surface area (Å²) in [5.41, 5.74) is 1.77. The van der Waals surface area contributed by atoms with E-state index in [1.54, 1.807) is 24.4 Å². The van der Waals surface area contributed by atoms with Crippen LogP contribution >= 0.6 is 0 Å². The molecule has 0 saturated heterocycles. The summed E-state index contributed by atoms with van der Waals surface area (Å²) in [4.78, 5) is 33.4. The molecular formula is C21H18N4O3. The van der Waals surface area contributed by atoms with Gasteiger partial charge in [0, 0.05) is 23.5 Å². The number of aryl methyl sites for hydroxylation is 1. The molecule has 3 heterocycles. The summed E-state index contributed by atoms with van der Waals surface area (Å²) < 4.78 is 7.13. The largest absolute Gasteiger partial charge is 0.489 e. The molecule has 0 aliphatic carbocycles. The van der Waals surface area contributed by atoms with E-state index >= 15 is 0 Å². The normalized spacial score (nSPS) is 10.9. The van der Waals surface area contributed by atoms with Crippen LogP contribution in [-0.4, -0.2) is 33.4 Å². The molecule has 0 saturated carbocycles. The van der Waals surface area contributed by atoms with Gasteiger partial charge < -0.3 is 10.1 Å². The van der Waals surface area contributed by atoms with Gasteiger partial charge in [0.1, 0.15) is 29.1 Å². The maximum absolute atomic E-state index is 12.4. The lowest BCUT2D eigenvalue weighted by Crippen LogP contribution is -2.33. The second-order valence-corrected chi connectivity index (χ2v) is 6.29. The monoisotopic (exact) mass is 374 g/mol. The quantitative estimate of drug-likeness (QED) is 0.542. The third kappa shape index (κ3) is 3.42. The fourth-order valence-corrected chi connectivity index (χ4v) is 2.94. The van der Waals surface area contributed by atoms with Crippen molar-refractivity contribution in [2.45, 2.75) is 6.92 Å². The lowest BCUT2D eigenvalue weighted by molar-refractivity contribution is 0.0945. The van der Waals surface area contributed by atoms with Gasteiger partial charge in [0.15, 0.2) is 0 Å². The lowest BCUT2D eigenvalue weighted by Gasteiger charge is -2.10. The van der Waals surface area contributed by atoms with Crippen LogP contribution in [0.25, 0.3) is 16.6 Å². The van der Waals surface area contributed by atoms with Crippen molar-refractivity contribution in [2.24, 2.45) is 0 Å². The average molecular weight is 374 g/mol. The molecule has 0 spiro atoms. The van der Waals surface area contributed by atoms with E-state index in [1.165, 1.54) is 10.6 Å². The van der Waals surface area contributed by atoms with E-state index in [0.717, 1.165) is 16.6 Å². The number of fused-ring (bicyclic) bond motifs is 2. The number of hydrogen-bond donors (Lipinski definition) is 1. The van der Waals surface area contributed by atoms with E-state index < -0.39 is 11.5 Å². The lowest BCUT2D eigenvalue weighted by atomic mass is 10.2. The molecule has 0 fully saturated rings. The SMILES string of the molecule is Cc1ccc2cccc(OCCNC(=O)c3cnc4ccccn4c3=O)c2n1. The molecule has 140 valence electrons. The third-order valence-corrected chi connectivity index (χ3v) is 4.33. The molecule has 4 rings (SSSR count). The molecule has 0 radical (unpaired) electrons. The Hall–Kier alpha value is -3.74. The zero-order valence-corrected chi connectivity index (χ0v) is 15.3. The number of para-hydroxylation sites is 1. The number of pyridine rings is 2. The molecule has 7 nitrogen and oxygen atoms in total. The van der Waals surface area contributed by atoms with Crippen molar-refractivity contribution in [1.29, 1.82) is 0 Å². The van der Waals surface area contributed by atoms with E-state index in [1.807, 2.05) is 37.3 Å². The first-order valence-electron chi connectivity index (χ1n) is 8.87. The molecule has 0 aliphatic rings. The number of aromatic nitrogens is 3. The first kappa shape index (κ1) is 17.7. The molecule has 7 heteroatoms. The Bertz CT molecular complexity index is 1230. The number of rotatable bonds is 5. The Labute approximate surface area is 160 Å². The summed E-state index contributed by atoms with van der Waals surface area (Å²) in [5.74, 6) is 0.175. The van der Waals surface area contributed by atoms with Crippen molar-refractivity contribution in [1.82, 2.24) is 19.7 Å². The molecule has 1 N–H and O–H groups in total. The predicted molar refractivity (Wildman–Crippen MR) is 106 cm³/mol. The highest BCUT2D eigenvalue weighted by Crippen LogP contribution is 2.23. The van der Waals surface area contributed by atoms with Crippen LogP contribution in [0.1, 0.15) is 16.1 Å². The topological polar surface area (TPSA) is 85.6 Å². The van der Waals surface area contributed by atoms with Gasteiger partial charge in [-0.15, -0.1) is 0 Å². The highest BCUT2D eigenvalue weighted by molar-refractivity contribution is 5.93. The summed E-state index contributed by atoms with van der Waals surface area (Å²) in [5, 5.41) is 3.68. The van der Waals surface area contributed by atoms with E-state index in [0.29, 0.717) is 11.4 Å². The fourth-order valence-electron chi connectivity index (χ4n) is 2.94. The van der Waals surface area contributed by atoms with Crippen LogP contribution in [-0.2, 0) is 0 Å². The van der Waals surface area contributed by atoms with Crippen molar-refractivity contribution in [2.75, 3.05) is 13.2 Å². The average Bonchev–Trinajstić information content (AvgIpc) is 2.71. The highest BCUT2D eigenvalue weighted by Gasteiger charge is 2.12. The molecule has 0 aliphatic heterocycles. The number of nitrogens with one attached hydrogen (secondary N) is 1. The van der Waals surface area contributed by atoms with Crippen LogP contribution in [0, 0.1) is 6.92 Å². The van der Waals surface area contributed by atoms with Gasteiger partial charge in [-0.3, -0.25) is 14.0 Å². The fraction of sp³-hybridized carbons (Fsp3) is 0.143. The Morgan fingerprint density at radius 3 is 2.93 bits per heavy atom. The Kier molecular flexibility index (Phi) is 4.72. The number of benzene rings is 1. The number of carbonyl (C=O) groups excluding carboxylic acids is 1. The van der Waals surface area contributed by atoms with Gasteiger partial charge in [0.2, 0.25) is 0 Å². The minimum absolute atomic E-state index is 0.00819. The number of hydrogen-bond acceptors (Lipinski definition) is 5. The first-order chi connectivity index (χ1) is 13.6. The molecular weight excluding hydrogens is 356 g/mol. The van der Waals surface area contributed by atoms with Gasteiger partial charge in [-0.05, 0) is 31.2 Å². The van der Waals surface area contributed by atoms with E-state index in [4.69, 9.17) is 4.74 Å². The molecule has 0 unspecified atom stereocenters. The summed E-state index contributed by atoms with van der Waals surface area (Å²) >= 11 is 0. The van der Waals surface area contributed by atoms with E-state index in [-0.39, 0.29) is 18.7 Å². The van der Waals surface area contributed by atoms with Crippen molar-refractivity contribution < 1.29 is 9.53 Å². The van der Waals surface area contributed by atoms with Gasteiger partial charge in [-0.1, -0.05) is 24.3 Å². The minimum atomic E-state index is -0.480. The predicted octanol–water partition coefficient (Wildman–Crippen LogP) is 2.36. The molecule has 0 bridgehead atoms. The van der Waals surface area contributed by atoms with Crippen LogP contribution in [0.3, 0.4) is 0 Å². The number of amides is 1. The zero-order valence-electron chi connectivity index (χ0n) is 15.3. The minimum Gasteiger partial charge on any atom is -0.489 e. The number of ether oxygens (including phenoxy) is 1. The summed E-state index contributed by atoms with van der Waals surface area (Å²) in [6, 6.07) is 14.8.